The highest BCUT2D eigenvalue weighted by Crippen LogP contribution is 2.28. The number of rotatable bonds is 3. The van der Waals surface area contributed by atoms with Gasteiger partial charge in [-0.15, -0.1) is 17.5 Å². The van der Waals surface area contributed by atoms with Gasteiger partial charge < -0.3 is 11.1 Å². The van der Waals surface area contributed by atoms with Gasteiger partial charge in [0.15, 0.2) is 0 Å². The summed E-state index contributed by atoms with van der Waals surface area (Å²) in [4.78, 5) is 12.3. The number of carbonyl (C=O) groups excluding carboxylic acids is 1. The van der Waals surface area contributed by atoms with Gasteiger partial charge in [-0.25, -0.2) is 0 Å². The van der Waals surface area contributed by atoms with Gasteiger partial charge in [-0.3, -0.25) is 4.79 Å². The second-order valence-electron chi connectivity index (χ2n) is 3.93. The van der Waals surface area contributed by atoms with Crippen LogP contribution in [0.15, 0.2) is 6.20 Å². The Labute approximate surface area is 104 Å². The number of hydrogen-bond acceptors (Lipinski definition) is 5. The van der Waals surface area contributed by atoms with Crippen molar-refractivity contribution in [3.8, 4) is 0 Å². The first-order valence-electron chi connectivity index (χ1n) is 5.06. The van der Waals surface area contributed by atoms with Crippen LogP contribution >= 0.6 is 23.9 Å². The van der Waals surface area contributed by atoms with E-state index in [-0.39, 0.29) is 23.9 Å². The van der Waals surface area contributed by atoms with Crippen molar-refractivity contribution in [2.45, 2.75) is 31.2 Å². The molecule has 1 saturated carbocycles. The molecule has 90 valence electrons. The lowest BCUT2D eigenvalue weighted by molar-refractivity contribution is 0.0907. The molecular formula is C9H15ClN4OS. The maximum Gasteiger partial charge on any atom is 0.265 e. The molecule has 3 N–H and O–H groups in total. The van der Waals surface area contributed by atoms with Crippen molar-refractivity contribution in [1.82, 2.24) is 14.9 Å². The molecule has 2 rings (SSSR count). The molecule has 1 heterocycles. The molecule has 0 unspecified atom stereocenters. The van der Waals surface area contributed by atoms with Crippen molar-refractivity contribution in [1.29, 1.82) is 0 Å². The molecule has 1 aromatic rings. The standard InChI is InChI=1S/C9H14N4OS.ClH/c10-6-9(3-1-2-4-9)12-8(14)7-5-11-13-15-7;/h5H,1-4,6,10H2,(H,12,14);1H. The number of halogens is 1. The van der Waals surface area contributed by atoms with E-state index in [1.54, 1.807) is 0 Å². The lowest BCUT2D eigenvalue weighted by atomic mass is 9.98. The Kier molecular flexibility index (Phi) is 4.64. The zero-order chi connectivity index (χ0) is 10.7. The van der Waals surface area contributed by atoms with Gasteiger partial charge >= 0.3 is 0 Å². The minimum Gasteiger partial charge on any atom is -0.345 e. The molecule has 0 atom stereocenters. The zero-order valence-electron chi connectivity index (χ0n) is 8.81. The van der Waals surface area contributed by atoms with Crippen LogP contribution in [0.3, 0.4) is 0 Å². The highest BCUT2D eigenvalue weighted by molar-refractivity contribution is 7.07. The van der Waals surface area contributed by atoms with Crippen molar-refractivity contribution in [2.75, 3.05) is 6.54 Å². The molecule has 0 spiro atoms. The Morgan fingerprint density at radius 2 is 2.25 bits per heavy atom. The summed E-state index contributed by atoms with van der Waals surface area (Å²) < 4.78 is 3.67. The molecule has 1 aliphatic rings. The van der Waals surface area contributed by atoms with Crippen molar-refractivity contribution >= 4 is 29.8 Å². The van der Waals surface area contributed by atoms with Crippen LogP contribution in [0.25, 0.3) is 0 Å². The predicted octanol–water partition coefficient (Wildman–Crippen LogP) is 0.961. The van der Waals surface area contributed by atoms with Gasteiger partial charge in [-0.1, -0.05) is 17.3 Å². The van der Waals surface area contributed by atoms with E-state index in [1.165, 1.54) is 6.20 Å². The maximum atomic E-state index is 11.8. The minimum absolute atomic E-state index is 0. The summed E-state index contributed by atoms with van der Waals surface area (Å²) in [6, 6.07) is 0. The number of nitrogens with one attached hydrogen (secondary N) is 1. The molecule has 0 bridgehead atoms. The first-order valence-corrected chi connectivity index (χ1v) is 5.83. The van der Waals surface area contributed by atoms with Crippen LogP contribution in [0.4, 0.5) is 0 Å². The van der Waals surface area contributed by atoms with Gasteiger partial charge in [-0.05, 0) is 24.4 Å². The molecule has 7 heteroatoms. The lowest BCUT2D eigenvalue weighted by Gasteiger charge is -2.28. The SMILES string of the molecule is Cl.NCC1(NC(=O)c2cnns2)CCCC1. The summed E-state index contributed by atoms with van der Waals surface area (Å²) >= 11 is 1.11. The Bertz CT molecular complexity index is 337. The lowest BCUT2D eigenvalue weighted by Crippen LogP contribution is -2.51. The number of nitrogens with zero attached hydrogens (tertiary/aromatic N) is 2. The third kappa shape index (κ3) is 2.69. The van der Waals surface area contributed by atoms with Crippen LogP contribution in [-0.2, 0) is 0 Å². The largest absolute Gasteiger partial charge is 0.345 e. The fraction of sp³-hybridized carbons (Fsp3) is 0.667. The van der Waals surface area contributed by atoms with Crippen molar-refractivity contribution < 1.29 is 4.79 Å². The summed E-state index contributed by atoms with van der Waals surface area (Å²) in [6.45, 7) is 0.505. The van der Waals surface area contributed by atoms with Crippen LogP contribution in [0.1, 0.15) is 35.4 Å². The van der Waals surface area contributed by atoms with E-state index < -0.39 is 0 Å². The summed E-state index contributed by atoms with van der Waals surface area (Å²) in [5.41, 5.74) is 5.53. The van der Waals surface area contributed by atoms with Crippen LogP contribution < -0.4 is 11.1 Å². The van der Waals surface area contributed by atoms with E-state index in [1.807, 2.05) is 0 Å². The first-order chi connectivity index (χ1) is 7.26. The van der Waals surface area contributed by atoms with Crippen LogP contribution in [0.5, 0.6) is 0 Å². The quantitative estimate of drug-likeness (QED) is 0.850. The third-order valence-electron chi connectivity index (χ3n) is 2.92. The average molecular weight is 263 g/mol. The molecule has 1 fully saturated rings. The number of hydrogen-bond donors (Lipinski definition) is 2. The monoisotopic (exact) mass is 262 g/mol. The second kappa shape index (κ2) is 5.56. The van der Waals surface area contributed by atoms with Gasteiger partial charge in [0.05, 0.1) is 11.7 Å². The molecule has 5 nitrogen and oxygen atoms in total. The van der Waals surface area contributed by atoms with Crippen LogP contribution in [0, 0.1) is 0 Å². The number of aromatic nitrogens is 2. The number of carbonyl (C=O) groups is 1. The fourth-order valence-corrected chi connectivity index (χ4v) is 2.41. The highest BCUT2D eigenvalue weighted by atomic mass is 35.5. The van der Waals surface area contributed by atoms with Crippen LogP contribution in [-0.4, -0.2) is 27.6 Å². The van der Waals surface area contributed by atoms with E-state index in [9.17, 15) is 4.79 Å². The molecule has 1 amide bonds. The average Bonchev–Trinajstić information content (AvgIpc) is 2.88. The molecule has 1 aromatic heterocycles. The first kappa shape index (κ1) is 13.3. The Morgan fingerprint density at radius 1 is 1.56 bits per heavy atom. The van der Waals surface area contributed by atoms with E-state index in [0.717, 1.165) is 37.2 Å². The smallest absolute Gasteiger partial charge is 0.265 e. The maximum absolute atomic E-state index is 11.8. The zero-order valence-corrected chi connectivity index (χ0v) is 10.4. The summed E-state index contributed by atoms with van der Waals surface area (Å²) in [5, 5.41) is 6.65. The topological polar surface area (TPSA) is 80.9 Å². The Morgan fingerprint density at radius 3 is 2.75 bits per heavy atom. The molecule has 0 saturated heterocycles. The second-order valence-corrected chi connectivity index (χ2v) is 4.71. The highest BCUT2D eigenvalue weighted by Gasteiger charge is 2.34. The van der Waals surface area contributed by atoms with Gasteiger partial charge in [0.2, 0.25) is 0 Å². The molecule has 16 heavy (non-hydrogen) atoms. The summed E-state index contributed by atoms with van der Waals surface area (Å²) in [7, 11) is 0. The summed E-state index contributed by atoms with van der Waals surface area (Å²) in [6.07, 6.45) is 5.71. The van der Waals surface area contributed by atoms with Gasteiger partial charge in [0.25, 0.3) is 5.91 Å². The minimum atomic E-state index is -0.193. The molecule has 1 aliphatic carbocycles. The third-order valence-corrected chi connectivity index (χ3v) is 3.58. The van der Waals surface area contributed by atoms with E-state index >= 15 is 0 Å². The van der Waals surface area contributed by atoms with Gasteiger partial charge in [-0.2, -0.15) is 0 Å². The van der Waals surface area contributed by atoms with Crippen molar-refractivity contribution in [3.63, 3.8) is 0 Å². The van der Waals surface area contributed by atoms with Crippen molar-refractivity contribution in [2.24, 2.45) is 5.73 Å². The molecule has 0 radical (unpaired) electrons. The van der Waals surface area contributed by atoms with Gasteiger partial charge in [0.1, 0.15) is 4.88 Å². The van der Waals surface area contributed by atoms with E-state index in [0.29, 0.717) is 11.4 Å². The molecule has 0 aliphatic heterocycles. The van der Waals surface area contributed by atoms with E-state index in [2.05, 4.69) is 14.9 Å². The predicted molar refractivity (Wildman–Crippen MR) is 64.9 cm³/mol. The van der Waals surface area contributed by atoms with Crippen LogP contribution in [0.2, 0.25) is 0 Å². The Hall–Kier alpha value is -0.720. The number of nitrogens with two attached hydrogens (primary N) is 1. The van der Waals surface area contributed by atoms with E-state index in [4.69, 9.17) is 5.73 Å². The summed E-state index contributed by atoms with van der Waals surface area (Å²) in [5.74, 6) is -0.0997. The van der Waals surface area contributed by atoms with Crippen molar-refractivity contribution in [3.05, 3.63) is 11.1 Å². The molecular weight excluding hydrogens is 248 g/mol. The Balaban J connectivity index is 0.00000128. The normalized spacial score (nSPS) is 17.8. The molecule has 0 aromatic carbocycles. The van der Waals surface area contributed by atoms with Gasteiger partial charge in [0, 0.05) is 6.54 Å². The number of amides is 1. The fourth-order valence-electron chi connectivity index (χ4n) is 2.00.